The normalized spacial score (nSPS) is 17.3. The van der Waals surface area contributed by atoms with Crippen LogP contribution in [0.3, 0.4) is 0 Å². The Bertz CT molecular complexity index is 709. The standard InChI is InChI=1S/C14H16N4O3S/c1-2-11-9-4-6-22-12(9)3-5-18(11)13(19)8-17-7-10(14(20)21)15-16-17/h4,6-7,11H,2-3,5,8H2,1H3,(H,20,21). The number of carboxylic acids is 1. The van der Waals surface area contributed by atoms with Crippen LogP contribution in [-0.2, 0) is 17.8 Å². The third kappa shape index (κ3) is 2.61. The van der Waals surface area contributed by atoms with E-state index in [0.717, 1.165) is 12.8 Å². The SMILES string of the molecule is CCC1c2ccsc2CCN1C(=O)Cn1cc(C(=O)O)nn1. The first-order valence-corrected chi connectivity index (χ1v) is 7.97. The van der Waals surface area contributed by atoms with Crippen molar-refractivity contribution in [3.63, 3.8) is 0 Å². The average molecular weight is 320 g/mol. The molecule has 0 aliphatic carbocycles. The number of carbonyl (C=O) groups is 2. The molecule has 1 unspecified atom stereocenters. The van der Waals surface area contributed by atoms with Crippen molar-refractivity contribution < 1.29 is 14.7 Å². The molecule has 0 saturated carbocycles. The molecule has 1 aliphatic rings. The molecule has 0 saturated heterocycles. The van der Waals surface area contributed by atoms with Gasteiger partial charge in [-0.15, -0.1) is 16.4 Å². The van der Waals surface area contributed by atoms with Gasteiger partial charge >= 0.3 is 5.97 Å². The number of aromatic carboxylic acids is 1. The summed E-state index contributed by atoms with van der Waals surface area (Å²) in [7, 11) is 0. The van der Waals surface area contributed by atoms with Gasteiger partial charge in [-0.25, -0.2) is 9.48 Å². The Kier molecular flexibility index (Phi) is 3.93. The van der Waals surface area contributed by atoms with Crippen molar-refractivity contribution in [2.75, 3.05) is 6.54 Å². The van der Waals surface area contributed by atoms with E-state index < -0.39 is 5.97 Å². The van der Waals surface area contributed by atoms with Gasteiger partial charge in [-0.2, -0.15) is 0 Å². The molecule has 8 heteroatoms. The highest BCUT2D eigenvalue weighted by molar-refractivity contribution is 7.10. The molecule has 0 fully saturated rings. The first kappa shape index (κ1) is 14.7. The quantitative estimate of drug-likeness (QED) is 0.924. The molecule has 0 aromatic carbocycles. The van der Waals surface area contributed by atoms with E-state index in [1.807, 2.05) is 4.90 Å². The topological polar surface area (TPSA) is 88.3 Å². The van der Waals surface area contributed by atoms with E-state index in [1.165, 1.54) is 21.3 Å². The maximum absolute atomic E-state index is 12.5. The van der Waals surface area contributed by atoms with Gasteiger partial charge in [-0.1, -0.05) is 12.1 Å². The van der Waals surface area contributed by atoms with Gasteiger partial charge in [0.15, 0.2) is 5.69 Å². The van der Waals surface area contributed by atoms with E-state index in [4.69, 9.17) is 5.11 Å². The Balaban J connectivity index is 1.75. The van der Waals surface area contributed by atoms with Crippen molar-refractivity contribution in [2.45, 2.75) is 32.4 Å². The number of aromatic nitrogens is 3. The number of carboxylic acid groups (broad SMARTS) is 1. The molecular weight excluding hydrogens is 304 g/mol. The summed E-state index contributed by atoms with van der Waals surface area (Å²) in [4.78, 5) is 26.5. The Morgan fingerprint density at radius 2 is 2.32 bits per heavy atom. The van der Waals surface area contributed by atoms with Crippen molar-refractivity contribution in [1.82, 2.24) is 19.9 Å². The molecule has 3 heterocycles. The second-order valence-corrected chi connectivity index (χ2v) is 6.17. The molecule has 1 aliphatic heterocycles. The third-order valence-corrected chi connectivity index (χ3v) is 4.85. The lowest BCUT2D eigenvalue weighted by Gasteiger charge is -2.35. The first-order chi connectivity index (χ1) is 10.6. The number of nitrogens with zero attached hydrogens (tertiary/aromatic N) is 4. The molecule has 2 aromatic rings. The molecule has 3 rings (SSSR count). The number of hydrogen-bond acceptors (Lipinski definition) is 5. The smallest absolute Gasteiger partial charge is 0.358 e. The van der Waals surface area contributed by atoms with Crippen molar-refractivity contribution in [3.05, 3.63) is 33.8 Å². The highest BCUT2D eigenvalue weighted by Crippen LogP contribution is 2.35. The summed E-state index contributed by atoms with van der Waals surface area (Å²) in [6, 6.07) is 2.18. The van der Waals surface area contributed by atoms with Gasteiger partial charge in [-0.3, -0.25) is 4.79 Å². The number of hydrogen-bond donors (Lipinski definition) is 1. The van der Waals surface area contributed by atoms with Crippen LogP contribution in [0.4, 0.5) is 0 Å². The van der Waals surface area contributed by atoms with Crippen molar-refractivity contribution in [2.24, 2.45) is 0 Å². The summed E-state index contributed by atoms with van der Waals surface area (Å²) < 4.78 is 1.28. The molecular formula is C14H16N4O3S. The van der Waals surface area contributed by atoms with E-state index >= 15 is 0 Å². The molecule has 1 atom stereocenters. The predicted octanol–water partition coefficient (Wildman–Crippen LogP) is 1.57. The zero-order valence-corrected chi connectivity index (χ0v) is 12.9. The van der Waals surface area contributed by atoms with Crippen molar-refractivity contribution >= 4 is 23.2 Å². The van der Waals surface area contributed by atoms with Crippen molar-refractivity contribution in [1.29, 1.82) is 0 Å². The van der Waals surface area contributed by atoms with E-state index in [1.54, 1.807) is 11.3 Å². The van der Waals surface area contributed by atoms with Crippen LogP contribution in [0, 0.1) is 0 Å². The van der Waals surface area contributed by atoms with Gasteiger partial charge in [0, 0.05) is 11.4 Å². The second-order valence-electron chi connectivity index (χ2n) is 5.17. The third-order valence-electron chi connectivity index (χ3n) is 3.86. The number of carbonyl (C=O) groups excluding carboxylic acids is 1. The van der Waals surface area contributed by atoms with E-state index in [0.29, 0.717) is 6.54 Å². The monoisotopic (exact) mass is 320 g/mol. The summed E-state index contributed by atoms with van der Waals surface area (Å²) in [6.45, 7) is 2.76. The van der Waals surface area contributed by atoms with E-state index in [2.05, 4.69) is 28.7 Å². The molecule has 1 amide bonds. The van der Waals surface area contributed by atoms with E-state index in [-0.39, 0.29) is 24.2 Å². The maximum Gasteiger partial charge on any atom is 0.358 e. The van der Waals surface area contributed by atoms with Crippen molar-refractivity contribution in [3.8, 4) is 0 Å². The number of rotatable bonds is 4. The van der Waals surface area contributed by atoms with Crippen LogP contribution in [0.2, 0.25) is 0 Å². The zero-order chi connectivity index (χ0) is 15.7. The van der Waals surface area contributed by atoms with Gasteiger partial charge in [-0.05, 0) is 29.9 Å². The Morgan fingerprint density at radius 1 is 1.50 bits per heavy atom. The van der Waals surface area contributed by atoms with Gasteiger partial charge in [0.1, 0.15) is 6.54 Å². The largest absolute Gasteiger partial charge is 0.476 e. The average Bonchev–Trinajstić information content (AvgIpc) is 3.14. The minimum Gasteiger partial charge on any atom is -0.476 e. The summed E-state index contributed by atoms with van der Waals surface area (Å²) in [6.07, 6.45) is 3.00. The zero-order valence-electron chi connectivity index (χ0n) is 12.1. The summed E-state index contributed by atoms with van der Waals surface area (Å²) in [5.74, 6) is -1.21. The number of thiophene rings is 1. The molecule has 0 radical (unpaired) electrons. The Hall–Kier alpha value is -2.22. The van der Waals surface area contributed by atoms with Crippen LogP contribution in [0.25, 0.3) is 0 Å². The lowest BCUT2D eigenvalue weighted by molar-refractivity contribution is -0.135. The predicted molar refractivity (Wildman–Crippen MR) is 79.7 cm³/mol. The first-order valence-electron chi connectivity index (χ1n) is 7.09. The fourth-order valence-corrected chi connectivity index (χ4v) is 3.77. The fourth-order valence-electron chi connectivity index (χ4n) is 2.84. The second kappa shape index (κ2) is 5.88. The summed E-state index contributed by atoms with van der Waals surface area (Å²) in [5, 5.41) is 18.1. The highest BCUT2D eigenvalue weighted by Gasteiger charge is 2.30. The molecule has 1 N–H and O–H groups in total. The van der Waals surface area contributed by atoms with E-state index in [9.17, 15) is 9.59 Å². The molecule has 2 aromatic heterocycles. The lowest BCUT2D eigenvalue weighted by atomic mass is 9.98. The summed E-state index contributed by atoms with van der Waals surface area (Å²) >= 11 is 1.74. The maximum atomic E-state index is 12.5. The molecule has 22 heavy (non-hydrogen) atoms. The van der Waals surface area contributed by atoms with Crippen LogP contribution in [-0.4, -0.2) is 43.4 Å². The van der Waals surface area contributed by atoms with Crippen LogP contribution >= 0.6 is 11.3 Å². The van der Waals surface area contributed by atoms with Gasteiger partial charge in [0.05, 0.1) is 12.2 Å². The number of amides is 1. The summed E-state index contributed by atoms with van der Waals surface area (Å²) in [5.41, 5.74) is 1.08. The Morgan fingerprint density at radius 3 is 3.00 bits per heavy atom. The van der Waals surface area contributed by atoms with Crippen LogP contribution < -0.4 is 0 Å². The molecule has 0 bridgehead atoms. The highest BCUT2D eigenvalue weighted by atomic mass is 32.1. The fraction of sp³-hybridized carbons (Fsp3) is 0.429. The molecule has 116 valence electrons. The molecule has 7 nitrogen and oxygen atoms in total. The minimum atomic E-state index is -1.15. The van der Waals surface area contributed by atoms with Crippen LogP contribution in [0.15, 0.2) is 17.6 Å². The molecule has 0 spiro atoms. The van der Waals surface area contributed by atoms with Gasteiger partial charge in [0.2, 0.25) is 5.91 Å². The van der Waals surface area contributed by atoms with Gasteiger partial charge < -0.3 is 10.0 Å². The minimum absolute atomic E-state index is 0.0102. The van der Waals surface area contributed by atoms with Crippen LogP contribution in [0.1, 0.15) is 40.3 Å². The van der Waals surface area contributed by atoms with Gasteiger partial charge in [0.25, 0.3) is 0 Å². The Labute approximate surface area is 131 Å². The number of fused-ring (bicyclic) bond motifs is 1. The lowest BCUT2D eigenvalue weighted by Crippen LogP contribution is -2.41. The van der Waals surface area contributed by atoms with Crippen LogP contribution in [0.5, 0.6) is 0 Å².